The Bertz CT molecular complexity index is 498. The van der Waals surface area contributed by atoms with Crippen molar-refractivity contribution in [3.05, 3.63) is 29.3 Å². The summed E-state index contributed by atoms with van der Waals surface area (Å²) in [4.78, 5) is 22.7. The summed E-state index contributed by atoms with van der Waals surface area (Å²) in [5, 5.41) is 14.3. The fourth-order valence-corrected chi connectivity index (χ4v) is 1.84. The van der Waals surface area contributed by atoms with Crippen molar-refractivity contribution in [1.82, 2.24) is 5.32 Å². The molecule has 110 valence electrons. The van der Waals surface area contributed by atoms with E-state index in [-0.39, 0.29) is 18.4 Å². The van der Waals surface area contributed by atoms with Gasteiger partial charge in [-0.25, -0.2) is 4.79 Å². The molecule has 2 amide bonds. The minimum Gasteiger partial charge on any atom is -0.481 e. The van der Waals surface area contributed by atoms with Gasteiger partial charge in [0.25, 0.3) is 0 Å². The summed E-state index contributed by atoms with van der Waals surface area (Å²) in [5.41, 5.74) is 2.75. The Kier molecular flexibility index (Phi) is 5.55. The lowest BCUT2D eigenvalue weighted by atomic mass is 10.0. The summed E-state index contributed by atoms with van der Waals surface area (Å²) in [6.07, 6.45) is -0.0854. The van der Waals surface area contributed by atoms with Gasteiger partial charge >= 0.3 is 12.0 Å². The lowest BCUT2D eigenvalue weighted by molar-refractivity contribution is -0.137. The van der Waals surface area contributed by atoms with Crippen LogP contribution < -0.4 is 10.6 Å². The Balaban J connectivity index is 2.70. The summed E-state index contributed by atoms with van der Waals surface area (Å²) < 4.78 is 0. The zero-order chi connectivity index (χ0) is 15.3. The minimum absolute atomic E-state index is 0.0513. The van der Waals surface area contributed by atoms with Crippen LogP contribution in [0.3, 0.4) is 0 Å². The third kappa shape index (κ3) is 4.91. The number of hydrogen-bond donors (Lipinski definition) is 3. The number of carbonyl (C=O) groups excluding carboxylic acids is 1. The number of carbonyl (C=O) groups is 2. The maximum absolute atomic E-state index is 12.0. The molecule has 0 bridgehead atoms. The third-order valence-corrected chi connectivity index (χ3v) is 3.16. The summed E-state index contributed by atoms with van der Waals surface area (Å²) in [6, 6.07) is 5.02. The predicted molar refractivity (Wildman–Crippen MR) is 78.9 cm³/mol. The molecular weight excluding hydrogens is 256 g/mol. The van der Waals surface area contributed by atoms with Crippen molar-refractivity contribution >= 4 is 17.7 Å². The van der Waals surface area contributed by atoms with E-state index in [1.54, 1.807) is 0 Å². The molecule has 3 N–H and O–H groups in total. The first-order valence-electron chi connectivity index (χ1n) is 6.66. The van der Waals surface area contributed by atoms with Crippen LogP contribution in [0.4, 0.5) is 10.5 Å². The highest BCUT2D eigenvalue weighted by atomic mass is 16.4. The topological polar surface area (TPSA) is 78.4 Å². The molecule has 0 radical (unpaired) electrons. The molecule has 0 aliphatic rings. The van der Waals surface area contributed by atoms with Gasteiger partial charge in [0.15, 0.2) is 0 Å². The Hall–Kier alpha value is -2.04. The van der Waals surface area contributed by atoms with E-state index in [9.17, 15) is 9.59 Å². The van der Waals surface area contributed by atoms with Crippen LogP contribution in [0.2, 0.25) is 0 Å². The van der Waals surface area contributed by atoms with Gasteiger partial charge in [-0.2, -0.15) is 0 Å². The molecule has 0 aliphatic heterocycles. The van der Waals surface area contributed by atoms with Crippen LogP contribution in [0, 0.1) is 19.8 Å². The van der Waals surface area contributed by atoms with Crippen molar-refractivity contribution in [3.8, 4) is 0 Å². The molecule has 0 aromatic heterocycles. The zero-order valence-electron chi connectivity index (χ0n) is 12.4. The highest BCUT2D eigenvalue weighted by Crippen LogP contribution is 2.16. The van der Waals surface area contributed by atoms with Crippen LogP contribution >= 0.6 is 0 Å². The quantitative estimate of drug-likeness (QED) is 0.775. The number of urea groups is 1. The first-order chi connectivity index (χ1) is 9.29. The molecule has 0 spiro atoms. The number of aliphatic carboxylic acids is 1. The third-order valence-electron chi connectivity index (χ3n) is 3.16. The van der Waals surface area contributed by atoms with E-state index in [1.807, 2.05) is 45.9 Å². The molecule has 1 unspecified atom stereocenters. The number of aryl methyl sites for hydroxylation is 2. The van der Waals surface area contributed by atoms with Crippen LogP contribution in [0.1, 0.15) is 31.4 Å². The molecule has 5 nitrogen and oxygen atoms in total. The molecular formula is C15H22N2O3. The monoisotopic (exact) mass is 278 g/mol. The Morgan fingerprint density at radius 3 is 2.45 bits per heavy atom. The van der Waals surface area contributed by atoms with E-state index < -0.39 is 12.0 Å². The first-order valence-corrected chi connectivity index (χ1v) is 6.66. The van der Waals surface area contributed by atoms with Crippen molar-refractivity contribution < 1.29 is 14.7 Å². The lowest BCUT2D eigenvalue weighted by Crippen LogP contribution is -2.42. The molecule has 1 aromatic rings. The number of hydrogen-bond acceptors (Lipinski definition) is 2. The molecule has 0 saturated carbocycles. The van der Waals surface area contributed by atoms with Crippen molar-refractivity contribution in [2.75, 3.05) is 5.32 Å². The highest BCUT2D eigenvalue weighted by Gasteiger charge is 2.19. The molecule has 5 heteroatoms. The maximum Gasteiger partial charge on any atom is 0.319 e. The number of benzene rings is 1. The molecule has 1 atom stereocenters. The van der Waals surface area contributed by atoms with E-state index in [0.29, 0.717) is 0 Å². The van der Waals surface area contributed by atoms with Gasteiger partial charge in [0, 0.05) is 11.7 Å². The van der Waals surface area contributed by atoms with E-state index in [4.69, 9.17) is 5.11 Å². The Morgan fingerprint density at radius 2 is 1.90 bits per heavy atom. The summed E-state index contributed by atoms with van der Waals surface area (Å²) in [7, 11) is 0. The SMILES string of the molecule is Cc1ccc(C)c(NC(=O)NC(CC(=O)O)C(C)C)c1. The first kappa shape index (κ1) is 16.0. The molecule has 0 fully saturated rings. The Morgan fingerprint density at radius 1 is 1.25 bits per heavy atom. The van der Waals surface area contributed by atoms with Crippen LogP contribution in [-0.2, 0) is 4.79 Å². The van der Waals surface area contributed by atoms with Crippen molar-refractivity contribution in [3.63, 3.8) is 0 Å². The number of nitrogens with one attached hydrogen (secondary N) is 2. The average molecular weight is 278 g/mol. The largest absolute Gasteiger partial charge is 0.481 e. The zero-order valence-corrected chi connectivity index (χ0v) is 12.4. The summed E-state index contributed by atoms with van der Waals surface area (Å²) >= 11 is 0. The Labute approximate surface area is 119 Å². The van der Waals surface area contributed by atoms with Gasteiger partial charge in [0.2, 0.25) is 0 Å². The van der Waals surface area contributed by atoms with Crippen LogP contribution in [-0.4, -0.2) is 23.1 Å². The van der Waals surface area contributed by atoms with Crippen LogP contribution in [0.25, 0.3) is 0 Å². The molecule has 1 aromatic carbocycles. The summed E-state index contributed by atoms with van der Waals surface area (Å²) in [5.74, 6) is -0.869. The fraction of sp³-hybridized carbons (Fsp3) is 0.467. The normalized spacial score (nSPS) is 12.1. The highest BCUT2D eigenvalue weighted by molar-refractivity contribution is 5.90. The number of carboxylic acid groups (broad SMARTS) is 1. The molecule has 0 heterocycles. The van der Waals surface area contributed by atoms with Gasteiger partial charge in [-0.3, -0.25) is 4.79 Å². The second-order valence-corrected chi connectivity index (χ2v) is 5.37. The molecule has 0 aliphatic carbocycles. The van der Waals surface area contributed by atoms with Crippen molar-refractivity contribution in [2.45, 2.75) is 40.2 Å². The van der Waals surface area contributed by atoms with Gasteiger partial charge in [-0.15, -0.1) is 0 Å². The van der Waals surface area contributed by atoms with Gasteiger partial charge in [0.1, 0.15) is 0 Å². The number of anilines is 1. The second-order valence-electron chi connectivity index (χ2n) is 5.37. The smallest absolute Gasteiger partial charge is 0.319 e. The van der Waals surface area contributed by atoms with Gasteiger partial charge in [-0.1, -0.05) is 26.0 Å². The molecule has 20 heavy (non-hydrogen) atoms. The van der Waals surface area contributed by atoms with E-state index >= 15 is 0 Å². The van der Waals surface area contributed by atoms with Crippen LogP contribution in [0.5, 0.6) is 0 Å². The fourth-order valence-electron chi connectivity index (χ4n) is 1.84. The second kappa shape index (κ2) is 6.93. The van der Waals surface area contributed by atoms with E-state index in [0.717, 1.165) is 16.8 Å². The van der Waals surface area contributed by atoms with E-state index in [2.05, 4.69) is 10.6 Å². The van der Waals surface area contributed by atoms with Crippen molar-refractivity contribution in [2.24, 2.45) is 5.92 Å². The molecule has 0 saturated heterocycles. The average Bonchev–Trinajstić information content (AvgIpc) is 2.32. The number of amides is 2. The van der Waals surface area contributed by atoms with Crippen LogP contribution in [0.15, 0.2) is 18.2 Å². The number of carboxylic acids is 1. The predicted octanol–water partition coefficient (Wildman–Crippen LogP) is 2.92. The standard InChI is InChI=1S/C15H22N2O3/c1-9(2)12(8-14(18)19)16-15(20)17-13-7-10(3)5-6-11(13)4/h5-7,9,12H,8H2,1-4H3,(H,18,19)(H2,16,17,20). The van der Waals surface area contributed by atoms with Gasteiger partial charge in [-0.05, 0) is 37.0 Å². The maximum atomic E-state index is 12.0. The minimum atomic E-state index is -0.921. The van der Waals surface area contributed by atoms with Gasteiger partial charge < -0.3 is 15.7 Å². The van der Waals surface area contributed by atoms with E-state index in [1.165, 1.54) is 0 Å². The summed E-state index contributed by atoms with van der Waals surface area (Å²) in [6.45, 7) is 7.62. The number of rotatable bonds is 5. The molecule has 1 rings (SSSR count). The van der Waals surface area contributed by atoms with Gasteiger partial charge in [0.05, 0.1) is 6.42 Å². The lowest BCUT2D eigenvalue weighted by Gasteiger charge is -2.21. The van der Waals surface area contributed by atoms with Crippen molar-refractivity contribution in [1.29, 1.82) is 0 Å².